The standard InChI is InChI=1S/C22H20ClFN6O2/c1-2-18(31)29-10-4-6-14(12-29)30-22-19(21(25)26-13-27-22)16(28-30)8-5-11-32-17-9-3-7-15(23)20(17)24/h2-3,7,9,13-14H,1,4,6,10-12H2,(H2,25,26,27)/t14-/m1/s1. The minimum atomic E-state index is -0.640. The SMILES string of the molecule is C=CC(=O)N1CCC[C@@H](n2nc(C#CCOc3cccc(Cl)c3F)c3c(N)ncnc32)C1. The Balaban J connectivity index is 1.61. The highest BCUT2D eigenvalue weighted by Gasteiger charge is 2.27. The molecule has 2 aromatic heterocycles. The molecule has 8 nitrogen and oxygen atoms in total. The number of benzene rings is 1. The first-order valence-electron chi connectivity index (χ1n) is 9.95. The summed E-state index contributed by atoms with van der Waals surface area (Å²) in [6.07, 6.45) is 4.33. The van der Waals surface area contributed by atoms with Gasteiger partial charge >= 0.3 is 0 Å². The molecule has 1 aromatic carbocycles. The molecule has 3 heterocycles. The normalized spacial score (nSPS) is 15.8. The number of fused-ring (bicyclic) bond motifs is 1. The molecule has 1 aliphatic heterocycles. The van der Waals surface area contributed by atoms with E-state index in [0.29, 0.717) is 29.8 Å². The number of hydrogen-bond donors (Lipinski definition) is 1. The van der Waals surface area contributed by atoms with Crippen LogP contribution < -0.4 is 10.5 Å². The van der Waals surface area contributed by atoms with Crippen molar-refractivity contribution in [3.63, 3.8) is 0 Å². The summed E-state index contributed by atoms with van der Waals surface area (Å²) in [4.78, 5) is 22.2. The van der Waals surface area contributed by atoms with Gasteiger partial charge in [-0.15, -0.1) is 0 Å². The number of carbonyl (C=O) groups is 1. The number of piperidine rings is 1. The number of halogens is 2. The molecule has 32 heavy (non-hydrogen) atoms. The highest BCUT2D eigenvalue weighted by atomic mass is 35.5. The lowest BCUT2D eigenvalue weighted by Crippen LogP contribution is -2.40. The molecule has 0 radical (unpaired) electrons. The second-order valence-corrected chi connectivity index (χ2v) is 7.58. The Morgan fingerprint density at radius 3 is 3.09 bits per heavy atom. The molecule has 1 aliphatic rings. The largest absolute Gasteiger partial charge is 0.478 e. The monoisotopic (exact) mass is 454 g/mol. The minimum absolute atomic E-state index is 0.0132. The number of nitrogen functional groups attached to an aromatic ring is 1. The fraction of sp³-hybridized carbons (Fsp3) is 0.273. The lowest BCUT2D eigenvalue weighted by Gasteiger charge is -2.32. The van der Waals surface area contributed by atoms with Crippen LogP contribution >= 0.6 is 11.6 Å². The zero-order valence-corrected chi connectivity index (χ0v) is 17.8. The van der Waals surface area contributed by atoms with Crippen LogP contribution in [0.2, 0.25) is 5.02 Å². The van der Waals surface area contributed by atoms with Crippen molar-refractivity contribution in [2.45, 2.75) is 18.9 Å². The molecule has 164 valence electrons. The summed E-state index contributed by atoms with van der Waals surface area (Å²) in [5.41, 5.74) is 7.02. The Bertz CT molecular complexity index is 1250. The minimum Gasteiger partial charge on any atom is -0.478 e. The van der Waals surface area contributed by atoms with Crippen molar-refractivity contribution in [2.24, 2.45) is 0 Å². The van der Waals surface area contributed by atoms with Crippen LogP contribution in [-0.2, 0) is 4.79 Å². The predicted octanol–water partition coefficient (Wildman–Crippen LogP) is 2.98. The summed E-state index contributed by atoms with van der Waals surface area (Å²) < 4.78 is 21.1. The molecule has 0 saturated carbocycles. The van der Waals surface area contributed by atoms with Gasteiger partial charge in [0.25, 0.3) is 0 Å². The zero-order valence-electron chi connectivity index (χ0n) is 17.1. The number of nitrogens with zero attached hydrogens (tertiary/aromatic N) is 5. The number of rotatable bonds is 4. The van der Waals surface area contributed by atoms with Crippen molar-refractivity contribution in [3.05, 3.63) is 53.7 Å². The number of anilines is 1. The molecule has 4 rings (SSSR count). The average molecular weight is 455 g/mol. The Morgan fingerprint density at radius 2 is 2.28 bits per heavy atom. The van der Waals surface area contributed by atoms with Crippen LogP contribution in [0.15, 0.2) is 37.2 Å². The van der Waals surface area contributed by atoms with Crippen LogP contribution in [0.4, 0.5) is 10.2 Å². The van der Waals surface area contributed by atoms with Crippen molar-refractivity contribution in [3.8, 4) is 17.6 Å². The van der Waals surface area contributed by atoms with E-state index in [1.807, 2.05) is 0 Å². The number of nitrogens with two attached hydrogens (primary N) is 1. The molecule has 0 aliphatic carbocycles. The van der Waals surface area contributed by atoms with E-state index < -0.39 is 5.82 Å². The maximum atomic E-state index is 13.9. The van der Waals surface area contributed by atoms with Gasteiger partial charge in [0.15, 0.2) is 17.2 Å². The van der Waals surface area contributed by atoms with Crippen LogP contribution in [-0.4, -0.2) is 50.3 Å². The van der Waals surface area contributed by atoms with E-state index in [0.717, 1.165) is 12.8 Å². The van der Waals surface area contributed by atoms with E-state index >= 15 is 0 Å². The quantitative estimate of drug-likeness (QED) is 0.480. The third kappa shape index (κ3) is 4.22. The van der Waals surface area contributed by atoms with E-state index in [1.54, 1.807) is 15.6 Å². The van der Waals surface area contributed by atoms with Gasteiger partial charge in [0.05, 0.1) is 16.5 Å². The van der Waals surface area contributed by atoms with Crippen molar-refractivity contribution >= 4 is 34.4 Å². The summed E-state index contributed by atoms with van der Waals surface area (Å²) in [6, 6.07) is 4.41. The van der Waals surface area contributed by atoms with Crippen molar-refractivity contribution < 1.29 is 13.9 Å². The number of hydrogen-bond acceptors (Lipinski definition) is 6. The van der Waals surface area contributed by atoms with Crippen LogP contribution in [0, 0.1) is 17.7 Å². The lowest BCUT2D eigenvalue weighted by atomic mass is 10.1. The van der Waals surface area contributed by atoms with Gasteiger partial charge in [0.1, 0.15) is 24.4 Å². The second kappa shape index (κ2) is 9.24. The van der Waals surface area contributed by atoms with Gasteiger partial charge < -0.3 is 15.4 Å². The van der Waals surface area contributed by atoms with Gasteiger partial charge in [0.2, 0.25) is 5.91 Å². The first kappa shape index (κ1) is 21.6. The summed E-state index contributed by atoms with van der Waals surface area (Å²) in [7, 11) is 0. The molecular weight excluding hydrogens is 435 g/mol. The van der Waals surface area contributed by atoms with Gasteiger partial charge in [-0.1, -0.05) is 30.2 Å². The molecule has 0 spiro atoms. The zero-order chi connectivity index (χ0) is 22.7. The van der Waals surface area contributed by atoms with Gasteiger partial charge in [-0.2, -0.15) is 5.10 Å². The van der Waals surface area contributed by atoms with E-state index in [4.69, 9.17) is 22.1 Å². The van der Waals surface area contributed by atoms with E-state index in [2.05, 4.69) is 33.5 Å². The number of likely N-dealkylation sites (tertiary alicyclic amines) is 1. The van der Waals surface area contributed by atoms with E-state index in [1.165, 1.54) is 24.5 Å². The van der Waals surface area contributed by atoms with Crippen LogP contribution in [0.5, 0.6) is 5.75 Å². The molecule has 1 atom stereocenters. The molecule has 1 saturated heterocycles. The summed E-state index contributed by atoms with van der Waals surface area (Å²) in [5.74, 6) is 5.25. The summed E-state index contributed by atoms with van der Waals surface area (Å²) in [5, 5.41) is 5.12. The Hall–Kier alpha value is -3.64. The third-order valence-electron chi connectivity index (χ3n) is 5.17. The van der Waals surface area contributed by atoms with Crippen molar-refractivity contribution in [1.29, 1.82) is 0 Å². The Kier molecular flexibility index (Phi) is 6.23. The highest BCUT2D eigenvalue weighted by molar-refractivity contribution is 6.30. The fourth-order valence-corrected chi connectivity index (χ4v) is 3.82. The molecule has 3 aromatic rings. The van der Waals surface area contributed by atoms with Gasteiger partial charge in [0, 0.05) is 13.1 Å². The van der Waals surface area contributed by atoms with Gasteiger partial charge in [-0.25, -0.2) is 19.0 Å². The van der Waals surface area contributed by atoms with Crippen molar-refractivity contribution in [1.82, 2.24) is 24.6 Å². The summed E-state index contributed by atoms with van der Waals surface area (Å²) >= 11 is 5.76. The number of aromatic nitrogens is 4. The van der Waals surface area contributed by atoms with E-state index in [-0.39, 0.29) is 35.1 Å². The molecule has 10 heteroatoms. The Labute approximate surface area is 188 Å². The molecule has 2 N–H and O–H groups in total. The third-order valence-corrected chi connectivity index (χ3v) is 5.46. The number of carbonyl (C=O) groups excluding carboxylic acids is 1. The fourth-order valence-electron chi connectivity index (χ4n) is 3.65. The highest BCUT2D eigenvalue weighted by Crippen LogP contribution is 2.28. The molecular formula is C22H20ClFN6O2. The molecule has 0 unspecified atom stereocenters. The van der Waals surface area contributed by atoms with E-state index in [9.17, 15) is 9.18 Å². The second-order valence-electron chi connectivity index (χ2n) is 7.18. The Morgan fingerprint density at radius 1 is 1.44 bits per heavy atom. The maximum absolute atomic E-state index is 13.9. The number of amides is 1. The smallest absolute Gasteiger partial charge is 0.246 e. The first-order chi connectivity index (χ1) is 15.5. The topological polar surface area (TPSA) is 99.2 Å². The molecule has 0 bridgehead atoms. The first-order valence-corrected chi connectivity index (χ1v) is 10.3. The average Bonchev–Trinajstić information content (AvgIpc) is 3.19. The van der Waals surface area contributed by atoms with Crippen molar-refractivity contribution in [2.75, 3.05) is 25.4 Å². The maximum Gasteiger partial charge on any atom is 0.246 e. The van der Waals surface area contributed by atoms with Crippen LogP contribution in [0.1, 0.15) is 24.6 Å². The van der Waals surface area contributed by atoms with Crippen LogP contribution in [0.3, 0.4) is 0 Å². The van der Waals surface area contributed by atoms with Gasteiger partial charge in [-0.05, 0) is 37.0 Å². The predicted molar refractivity (Wildman–Crippen MR) is 119 cm³/mol. The van der Waals surface area contributed by atoms with Crippen LogP contribution in [0.25, 0.3) is 11.0 Å². The lowest BCUT2D eigenvalue weighted by molar-refractivity contribution is -0.127. The van der Waals surface area contributed by atoms with Gasteiger partial charge in [-0.3, -0.25) is 4.79 Å². The summed E-state index contributed by atoms with van der Waals surface area (Å²) in [6.45, 7) is 4.63. The number of ether oxygens (including phenoxy) is 1. The molecule has 1 amide bonds. The molecule has 1 fully saturated rings.